The van der Waals surface area contributed by atoms with Crippen molar-refractivity contribution in [2.45, 2.75) is 31.7 Å². The lowest BCUT2D eigenvalue weighted by atomic mass is 10.1. The van der Waals surface area contributed by atoms with Crippen molar-refractivity contribution in [1.29, 1.82) is 0 Å². The molecule has 84 valence electrons. The third-order valence-electron chi connectivity index (χ3n) is 2.79. The van der Waals surface area contributed by atoms with Crippen molar-refractivity contribution in [3.8, 4) is 0 Å². The van der Waals surface area contributed by atoms with Crippen LogP contribution in [0.4, 0.5) is 0 Å². The first kappa shape index (κ1) is 11.4. The van der Waals surface area contributed by atoms with Gasteiger partial charge in [0.05, 0.1) is 6.04 Å². The summed E-state index contributed by atoms with van der Waals surface area (Å²) in [6, 6.07) is 0.380. The Labute approximate surface area is 99.1 Å². The fourth-order valence-corrected chi connectivity index (χ4v) is 4.29. The van der Waals surface area contributed by atoms with Gasteiger partial charge in [-0.1, -0.05) is 18.3 Å². The molecule has 0 aliphatic carbocycles. The highest BCUT2D eigenvalue weighted by molar-refractivity contribution is 7.99. The monoisotopic (exact) mass is 243 g/mol. The van der Waals surface area contributed by atoms with E-state index in [4.69, 9.17) is 0 Å². The van der Waals surface area contributed by atoms with E-state index in [0.29, 0.717) is 12.0 Å². The molecule has 0 radical (unpaired) electrons. The highest BCUT2D eigenvalue weighted by Gasteiger charge is 2.22. The Hall–Kier alpha value is -0.130. The maximum Gasteiger partial charge on any atom is 0.134 e. The van der Waals surface area contributed by atoms with Gasteiger partial charge in [0.1, 0.15) is 10.0 Å². The number of hydrogen-bond donors (Lipinski definition) is 1. The van der Waals surface area contributed by atoms with Crippen molar-refractivity contribution in [2.24, 2.45) is 0 Å². The van der Waals surface area contributed by atoms with Crippen LogP contribution in [-0.2, 0) is 0 Å². The third kappa shape index (κ3) is 2.52. The number of rotatable bonds is 4. The van der Waals surface area contributed by atoms with Gasteiger partial charge in [0.25, 0.3) is 0 Å². The summed E-state index contributed by atoms with van der Waals surface area (Å²) in [5, 5.41) is 14.3. The molecule has 0 spiro atoms. The van der Waals surface area contributed by atoms with Crippen molar-refractivity contribution in [3.05, 3.63) is 10.0 Å². The van der Waals surface area contributed by atoms with E-state index in [-0.39, 0.29) is 0 Å². The van der Waals surface area contributed by atoms with Crippen LogP contribution >= 0.6 is 23.1 Å². The van der Waals surface area contributed by atoms with Gasteiger partial charge in [-0.05, 0) is 25.6 Å². The lowest BCUT2D eigenvalue weighted by Gasteiger charge is -2.08. The molecule has 2 atom stereocenters. The molecule has 1 fully saturated rings. The lowest BCUT2D eigenvalue weighted by Crippen LogP contribution is -2.14. The molecule has 0 aromatic carbocycles. The van der Waals surface area contributed by atoms with Gasteiger partial charge in [-0.3, -0.25) is 0 Å². The predicted molar refractivity (Wildman–Crippen MR) is 66.7 cm³/mol. The van der Waals surface area contributed by atoms with Gasteiger partial charge < -0.3 is 5.32 Å². The first-order valence-electron chi connectivity index (χ1n) is 5.43. The summed E-state index contributed by atoms with van der Waals surface area (Å²) in [5.41, 5.74) is 0. The first-order chi connectivity index (χ1) is 7.35. The lowest BCUT2D eigenvalue weighted by molar-refractivity contribution is 0.568. The van der Waals surface area contributed by atoms with Gasteiger partial charge in [0, 0.05) is 11.7 Å². The maximum atomic E-state index is 4.33. The van der Waals surface area contributed by atoms with Crippen LogP contribution in [0.3, 0.4) is 0 Å². The second-order valence-electron chi connectivity index (χ2n) is 3.79. The molecule has 2 rings (SSSR count). The van der Waals surface area contributed by atoms with Gasteiger partial charge in [-0.15, -0.1) is 10.2 Å². The highest BCUT2D eigenvalue weighted by atomic mass is 32.2. The minimum absolute atomic E-state index is 0.380. The number of aromatic nitrogens is 2. The summed E-state index contributed by atoms with van der Waals surface area (Å²) < 4.78 is 0. The first-order valence-corrected chi connectivity index (χ1v) is 7.40. The van der Waals surface area contributed by atoms with Gasteiger partial charge in [0.2, 0.25) is 0 Å². The molecule has 1 saturated heterocycles. The molecule has 1 N–H and O–H groups in total. The van der Waals surface area contributed by atoms with Crippen molar-refractivity contribution in [3.63, 3.8) is 0 Å². The summed E-state index contributed by atoms with van der Waals surface area (Å²) in [4.78, 5) is 0. The second kappa shape index (κ2) is 5.27. The Bertz CT molecular complexity index is 287. The molecule has 15 heavy (non-hydrogen) atoms. The average Bonchev–Trinajstić information content (AvgIpc) is 2.89. The summed E-state index contributed by atoms with van der Waals surface area (Å²) in [6.07, 6.45) is 2.35. The van der Waals surface area contributed by atoms with Crippen LogP contribution in [0.15, 0.2) is 0 Å². The largest absolute Gasteiger partial charge is 0.311 e. The van der Waals surface area contributed by atoms with Crippen molar-refractivity contribution in [1.82, 2.24) is 15.5 Å². The van der Waals surface area contributed by atoms with Gasteiger partial charge in [0.15, 0.2) is 0 Å². The van der Waals surface area contributed by atoms with Crippen molar-refractivity contribution < 1.29 is 0 Å². The molecule has 0 amide bonds. The van der Waals surface area contributed by atoms with Crippen molar-refractivity contribution in [2.75, 3.05) is 18.6 Å². The molecule has 1 aliphatic rings. The minimum atomic E-state index is 0.380. The van der Waals surface area contributed by atoms with Crippen LogP contribution in [0.2, 0.25) is 0 Å². The molecular formula is C10H17N3S2. The molecule has 1 aliphatic heterocycles. The summed E-state index contributed by atoms with van der Waals surface area (Å²) in [5.74, 6) is 3.17. The molecule has 1 aromatic rings. The molecule has 2 heterocycles. The van der Waals surface area contributed by atoms with E-state index in [1.165, 1.54) is 22.9 Å². The minimum Gasteiger partial charge on any atom is -0.311 e. The maximum absolute atomic E-state index is 4.33. The molecule has 1 aromatic heterocycles. The molecule has 5 heteroatoms. The van der Waals surface area contributed by atoms with E-state index in [1.807, 2.05) is 18.8 Å². The second-order valence-corrected chi connectivity index (χ2v) is 5.98. The molecule has 3 nitrogen and oxygen atoms in total. The Kier molecular flexibility index (Phi) is 3.99. The fourth-order valence-electron chi connectivity index (χ4n) is 1.78. The molecule has 0 saturated carbocycles. The standard InChI is InChI=1S/C10H17N3S2/c1-3-8(11-2)10-13-12-9(15-10)7-4-5-14-6-7/h7-8,11H,3-6H2,1-2H3. The number of nitrogens with zero attached hydrogens (tertiary/aromatic N) is 2. The molecule has 2 unspecified atom stereocenters. The van der Waals surface area contributed by atoms with Crippen LogP contribution in [0, 0.1) is 0 Å². The smallest absolute Gasteiger partial charge is 0.134 e. The highest BCUT2D eigenvalue weighted by Crippen LogP contribution is 2.35. The molecule has 0 bridgehead atoms. The van der Waals surface area contributed by atoms with E-state index >= 15 is 0 Å². The Balaban J connectivity index is 2.08. The van der Waals surface area contributed by atoms with Crippen LogP contribution in [0.25, 0.3) is 0 Å². The van der Waals surface area contributed by atoms with Gasteiger partial charge in [-0.25, -0.2) is 0 Å². The van der Waals surface area contributed by atoms with E-state index in [1.54, 1.807) is 11.3 Å². The van der Waals surface area contributed by atoms with Crippen LogP contribution in [-0.4, -0.2) is 28.8 Å². The normalized spacial score (nSPS) is 23.2. The zero-order valence-electron chi connectivity index (χ0n) is 9.19. The molecular weight excluding hydrogens is 226 g/mol. The van der Waals surface area contributed by atoms with E-state index in [9.17, 15) is 0 Å². The van der Waals surface area contributed by atoms with Crippen LogP contribution in [0.1, 0.15) is 41.7 Å². The zero-order chi connectivity index (χ0) is 10.7. The Morgan fingerprint density at radius 3 is 3.00 bits per heavy atom. The number of thioether (sulfide) groups is 1. The fraction of sp³-hybridized carbons (Fsp3) is 0.800. The number of nitrogens with one attached hydrogen (secondary N) is 1. The third-order valence-corrected chi connectivity index (χ3v) is 5.15. The summed E-state index contributed by atoms with van der Waals surface area (Å²) >= 11 is 3.82. The van der Waals surface area contributed by atoms with Gasteiger partial charge in [-0.2, -0.15) is 11.8 Å². The Morgan fingerprint density at radius 1 is 1.53 bits per heavy atom. The van der Waals surface area contributed by atoms with Crippen LogP contribution < -0.4 is 5.32 Å². The van der Waals surface area contributed by atoms with Gasteiger partial charge >= 0.3 is 0 Å². The SMILES string of the molecule is CCC(NC)c1nnc(C2CCSC2)s1. The van der Waals surface area contributed by atoms with E-state index < -0.39 is 0 Å². The summed E-state index contributed by atoms with van der Waals surface area (Å²) in [6.45, 7) is 2.17. The Morgan fingerprint density at radius 2 is 2.40 bits per heavy atom. The summed E-state index contributed by atoms with van der Waals surface area (Å²) in [7, 11) is 1.99. The van der Waals surface area contributed by atoms with Crippen molar-refractivity contribution >= 4 is 23.1 Å². The predicted octanol–water partition coefficient (Wildman–Crippen LogP) is 2.43. The zero-order valence-corrected chi connectivity index (χ0v) is 10.8. The average molecular weight is 243 g/mol. The quantitative estimate of drug-likeness (QED) is 0.881. The van der Waals surface area contributed by atoms with Crippen LogP contribution in [0.5, 0.6) is 0 Å². The van der Waals surface area contributed by atoms with E-state index in [2.05, 4.69) is 22.4 Å². The van der Waals surface area contributed by atoms with E-state index in [0.717, 1.165) is 11.4 Å². The number of hydrogen-bond acceptors (Lipinski definition) is 5. The topological polar surface area (TPSA) is 37.8 Å².